The van der Waals surface area contributed by atoms with Crippen LogP contribution in [0.15, 0.2) is 24.3 Å². The molecule has 16 heavy (non-hydrogen) atoms. The Hall–Kier alpha value is -1.29. The molecule has 0 radical (unpaired) electrons. The summed E-state index contributed by atoms with van der Waals surface area (Å²) in [4.78, 5) is 2.17. The van der Waals surface area contributed by atoms with E-state index in [2.05, 4.69) is 4.90 Å². The summed E-state index contributed by atoms with van der Waals surface area (Å²) >= 11 is 0. The second-order valence-electron chi connectivity index (χ2n) is 4.50. The van der Waals surface area contributed by atoms with Crippen LogP contribution in [0.3, 0.4) is 0 Å². The van der Waals surface area contributed by atoms with Crippen LogP contribution >= 0.6 is 0 Å². The molecule has 1 aromatic carbocycles. The van der Waals surface area contributed by atoms with Crippen LogP contribution in [0.4, 0.5) is 10.1 Å². The van der Waals surface area contributed by atoms with Crippen LogP contribution in [0.5, 0.6) is 5.75 Å². The number of phenolic OH excluding ortho intramolecular Hbond substituents is 1. The number of aromatic hydroxyl groups is 1. The van der Waals surface area contributed by atoms with Crippen molar-refractivity contribution in [1.29, 1.82) is 0 Å². The smallest absolute Gasteiger partial charge is 0.115 e. The quantitative estimate of drug-likeness (QED) is 0.803. The second kappa shape index (κ2) is 4.29. The van der Waals surface area contributed by atoms with Crippen molar-refractivity contribution in [3.05, 3.63) is 24.3 Å². The first-order chi connectivity index (χ1) is 7.63. The summed E-state index contributed by atoms with van der Waals surface area (Å²) in [5.74, 6) is 0.262. The van der Waals surface area contributed by atoms with Gasteiger partial charge in [-0.1, -0.05) is 0 Å². The van der Waals surface area contributed by atoms with Crippen molar-refractivity contribution >= 4 is 5.69 Å². The highest BCUT2D eigenvalue weighted by Crippen LogP contribution is 2.26. The first kappa shape index (κ1) is 11.2. The van der Waals surface area contributed by atoms with E-state index in [4.69, 9.17) is 5.73 Å². The first-order valence-electron chi connectivity index (χ1n) is 5.52. The molecule has 3 N–H and O–H groups in total. The Morgan fingerprint density at radius 2 is 1.81 bits per heavy atom. The number of hydrogen-bond donors (Lipinski definition) is 2. The van der Waals surface area contributed by atoms with Crippen molar-refractivity contribution in [1.82, 2.24) is 0 Å². The largest absolute Gasteiger partial charge is 0.508 e. The molecule has 1 aliphatic rings. The number of alkyl halides is 1. The molecule has 88 valence electrons. The Balaban J connectivity index is 2.01. The molecule has 1 aliphatic heterocycles. The monoisotopic (exact) mass is 224 g/mol. The Kier molecular flexibility index (Phi) is 3.01. The molecule has 1 fully saturated rings. The number of nitrogens with two attached hydrogens (primary N) is 1. The zero-order valence-corrected chi connectivity index (χ0v) is 9.19. The summed E-state index contributed by atoms with van der Waals surface area (Å²) in [5.41, 5.74) is 6.30. The van der Waals surface area contributed by atoms with E-state index >= 15 is 0 Å². The molecule has 3 nitrogen and oxygen atoms in total. The van der Waals surface area contributed by atoms with Crippen LogP contribution in [-0.4, -0.2) is 30.4 Å². The number of benzene rings is 1. The number of hydrogen-bond acceptors (Lipinski definition) is 3. The number of rotatable bonds is 2. The minimum absolute atomic E-state index is 0.262. The zero-order chi connectivity index (χ0) is 11.6. The van der Waals surface area contributed by atoms with E-state index in [1.165, 1.54) is 0 Å². The second-order valence-corrected chi connectivity index (χ2v) is 4.50. The van der Waals surface area contributed by atoms with Crippen molar-refractivity contribution < 1.29 is 9.50 Å². The van der Waals surface area contributed by atoms with Crippen molar-refractivity contribution in [3.63, 3.8) is 0 Å². The van der Waals surface area contributed by atoms with Gasteiger partial charge in [-0.15, -0.1) is 0 Å². The van der Waals surface area contributed by atoms with Gasteiger partial charge in [0.05, 0.1) is 0 Å². The van der Waals surface area contributed by atoms with Gasteiger partial charge in [0.25, 0.3) is 0 Å². The van der Waals surface area contributed by atoms with Gasteiger partial charge in [0.1, 0.15) is 12.4 Å². The molecule has 0 aromatic heterocycles. The van der Waals surface area contributed by atoms with Gasteiger partial charge in [0.2, 0.25) is 0 Å². The van der Waals surface area contributed by atoms with Crippen LogP contribution in [0.2, 0.25) is 0 Å². The molecule has 2 rings (SSSR count). The molecule has 0 atom stereocenters. The van der Waals surface area contributed by atoms with Gasteiger partial charge in [-0.05, 0) is 37.1 Å². The Bertz CT molecular complexity index is 345. The lowest BCUT2D eigenvalue weighted by molar-refractivity contribution is 0.255. The number of nitrogens with zero attached hydrogens (tertiary/aromatic N) is 1. The lowest BCUT2D eigenvalue weighted by atomic mass is 9.90. The molecule has 0 spiro atoms. The Morgan fingerprint density at radius 1 is 1.25 bits per heavy atom. The summed E-state index contributed by atoms with van der Waals surface area (Å²) in [6, 6.07) is 7.06. The van der Waals surface area contributed by atoms with Gasteiger partial charge in [-0.3, -0.25) is 0 Å². The van der Waals surface area contributed by atoms with E-state index in [1.807, 2.05) is 12.1 Å². The highest BCUT2D eigenvalue weighted by atomic mass is 19.1. The normalized spacial score (nSPS) is 19.8. The molecule has 0 bridgehead atoms. The number of piperidine rings is 1. The molecule has 0 amide bonds. The fourth-order valence-corrected chi connectivity index (χ4v) is 2.01. The van der Waals surface area contributed by atoms with E-state index in [1.54, 1.807) is 12.1 Å². The lowest BCUT2D eigenvalue weighted by Crippen LogP contribution is -2.52. The molecular weight excluding hydrogens is 207 g/mol. The maximum Gasteiger partial charge on any atom is 0.115 e. The van der Waals surface area contributed by atoms with E-state index in [9.17, 15) is 9.50 Å². The van der Waals surface area contributed by atoms with Crippen LogP contribution in [-0.2, 0) is 0 Å². The average Bonchev–Trinajstić information content (AvgIpc) is 2.32. The summed E-state index contributed by atoms with van der Waals surface area (Å²) < 4.78 is 12.7. The van der Waals surface area contributed by atoms with E-state index < -0.39 is 12.2 Å². The fraction of sp³-hybridized carbons (Fsp3) is 0.500. The predicted octanol–water partition coefficient (Wildman–Crippen LogP) is 1.66. The molecule has 1 aromatic rings. The molecule has 1 heterocycles. The fourth-order valence-electron chi connectivity index (χ4n) is 2.01. The van der Waals surface area contributed by atoms with Gasteiger partial charge < -0.3 is 15.7 Å². The van der Waals surface area contributed by atoms with Gasteiger partial charge in [-0.25, -0.2) is 4.39 Å². The van der Waals surface area contributed by atoms with Crippen molar-refractivity contribution in [2.24, 2.45) is 5.73 Å². The molecule has 0 aliphatic carbocycles. The third-order valence-electron chi connectivity index (χ3n) is 3.24. The number of phenols is 1. The standard InChI is InChI=1S/C12H17FN2O/c13-9-12(14)5-7-15(8-6-12)10-1-3-11(16)4-2-10/h1-4,16H,5-9,14H2. The molecule has 4 heteroatoms. The van der Waals surface area contributed by atoms with Gasteiger partial charge in [0, 0.05) is 24.3 Å². The van der Waals surface area contributed by atoms with Crippen LogP contribution in [0.1, 0.15) is 12.8 Å². The molecule has 1 saturated heterocycles. The number of halogens is 1. The van der Waals surface area contributed by atoms with E-state index in [0.29, 0.717) is 12.8 Å². The third-order valence-corrected chi connectivity index (χ3v) is 3.24. The topological polar surface area (TPSA) is 49.5 Å². The van der Waals surface area contributed by atoms with Crippen LogP contribution in [0, 0.1) is 0 Å². The summed E-state index contributed by atoms with van der Waals surface area (Å²) in [5, 5.41) is 9.19. The summed E-state index contributed by atoms with van der Waals surface area (Å²) in [6.45, 7) is 1.09. The minimum Gasteiger partial charge on any atom is -0.508 e. The van der Waals surface area contributed by atoms with Crippen molar-refractivity contribution in [3.8, 4) is 5.75 Å². The summed E-state index contributed by atoms with van der Waals surface area (Å²) in [7, 11) is 0. The zero-order valence-electron chi connectivity index (χ0n) is 9.19. The van der Waals surface area contributed by atoms with E-state index in [-0.39, 0.29) is 5.75 Å². The molecule has 0 unspecified atom stereocenters. The van der Waals surface area contributed by atoms with Crippen molar-refractivity contribution in [2.75, 3.05) is 24.7 Å². The van der Waals surface area contributed by atoms with Crippen molar-refractivity contribution in [2.45, 2.75) is 18.4 Å². The van der Waals surface area contributed by atoms with Gasteiger partial charge in [0.15, 0.2) is 0 Å². The van der Waals surface area contributed by atoms with Crippen LogP contribution in [0.25, 0.3) is 0 Å². The van der Waals surface area contributed by atoms with E-state index in [0.717, 1.165) is 18.8 Å². The third kappa shape index (κ3) is 2.27. The highest BCUT2D eigenvalue weighted by molar-refractivity contribution is 5.49. The number of anilines is 1. The first-order valence-corrected chi connectivity index (χ1v) is 5.52. The maximum atomic E-state index is 12.7. The Morgan fingerprint density at radius 3 is 2.31 bits per heavy atom. The Labute approximate surface area is 94.7 Å². The molecule has 0 saturated carbocycles. The van der Waals surface area contributed by atoms with Gasteiger partial charge in [-0.2, -0.15) is 0 Å². The average molecular weight is 224 g/mol. The molecular formula is C12H17FN2O. The van der Waals surface area contributed by atoms with Crippen LogP contribution < -0.4 is 10.6 Å². The highest BCUT2D eigenvalue weighted by Gasteiger charge is 2.30. The predicted molar refractivity (Wildman–Crippen MR) is 62.4 cm³/mol. The minimum atomic E-state index is -0.632. The SMILES string of the molecule is NC1(CF)CCN(c2ccc(O)cc2)CC1. The van der Waals surface area contributed by atoms with Gasteiger partial charge >= 0.3 is 0 Å². The summed E-state index contributed by atoms with van der Waals surface area (Å²) in [6.07, 6.45) is 1.34. The lowest BCUT2D eigenvalue weighted by Gasteiger charge is -2.38. The maximum absolute atomic E-state index is 12.7.